The van der Waals surface area contributed by atoms with Crippen molar-refractivity contribution in [2.45, 2.75) is 0 Å². The minimum Gasteiger partial charge on any atom is -0.480 e. The smallest absolute Gasteiger partial charge is 0.341 e. The Morgan fingerprint density at radius 1 is 0.952 bits per heavy atom. The Labute approximate surface area is 121 Å². The number of hydrogen-bond donors (Lipinski definition) is 3. The van der Waals surface area contributed by atoms with Crippen LogP contribution in [0.3, 0.4) is 0 Å². The summed E-state index contributed by atoms with van der Waals surface area (Å²) in [4.78, 5) is 22.4. The van der Waals surface area contributed by atoms with Gasteiger partial charge in [0.05, 0.1) is 5.69 Å². The number of aliphatic carboxylic acids is 1. The molecule has 0 aliphatic rings. The van der Waals surface area contributed by atoms with E-state index in [9.17, 15) is 9.59 Å². The number of para-hydroxylation sites is 3. The van der Waals surface area contributed by atoms with Gasteiger partial charge in [0, 0.05) is 5.69 Å². The fraction of sp³-hybridized carbons (Fsp3) is 0.0667. The van der Waals surface area contributed by atoms with Gasteiger partial charge in [-0.05, 0) is 24.3 Å². The topological polar surface area (TPSA) is 87.7 Å². The van der Waals surface area contributed by atoms with Crippen molar-refractivity contribution in [1.82, 2.24) is 0 Å². The zero-order chi connectivity index (χ0) is 15.1. The second-order valence-electron chi connectivity index (χ2n) is 4.12. The van der Waals surface area contributed by atoms with Crippen LogP contribution in [0.25, 0.3) is 0 Å². The third kappa shape index (κ3) is 4.54. The number of urea groups is 1. The van der Waals surface area contributed by atoms with Gasteiger partial charge in [0.25, 0.3) is 0 Å². The van der Waals surface area contributed by atoms with Crippen LogP contribution >= 0.6 is 0 Å². The standard InChI is InChI=1S/C15H14N2O4/c18-14(19)10-21-13-9-5-4-8-12(13)17-15(20)16-11-6-2-1-3-7-11/h1-9H,10H2,(H,18,19)(H2,16,17,20). The molecular formula is C15H14N2O4. The van der Waals surface area contributed by atoms with E-state index in [1.165, 1.54) is 0 Å². The van der Waals surface area contributed by atoms with E-state index < -0.39 is 18.6 Å². The molecule has 0 atom stereocenters. The maximum Gasteiger partial charge on any atom is 0.341 e. The molecule has 0 spiro atoms. The molecule has 0 aromatic heterocycles. The molecule has 0 aliphatic carbocycles. The maximum atomic E-state index is 11.9. The van der Waals surface area contributed by atoms with Gasteiger partial charge in [0.1, 0.15) is 5.75 Å². The Hall–Kier alpha value is -3.02. The summed E-state index contributed by atoms with van der Waals surface area (Å²) in [6.45, 7) is -0.473. The van der Waals surface area contributed by atoms with E-state index in [1.54, 1.807) is 48.5 Å². The van der Waals surface area contributed by atoms with Crippen LogP contribution in [0.4, 0.5) is 16.2 Å². The van der Waals surface area contributed by atoms with Crippen LogP contribution in [0.15, 0.2) is 54.6 Å². The average Bonchev–Trinajstić information content (AvgIpc) is 2.47. The summed E-state index contributed by atoms with van der Waals surface area (Å²) in [7, 11) is 0. The number of hydrogen-bond acceptors (Lipinski definition) is 3. The van der Waals surface area contributed by atoms with E-state index in [0.717, 1.165) is 0 Å². The number of carbonyl (C=O) groups excluding carboxylic acids is 1. The third-order valence-electron chi connectivity index (χ3n) is 2.52. The van der Waals surface area contributed by atoms with Crippen LogP contribution in [-0.2, 0) is 4.79 Å². The predicted molar refractivity (Wildman–Crippen MR) is 78.7 cm³/mol. The van der Waals surface area contributed by atoms with Crippen LogP contribution in [0, 0.1) is 0 Å². The molecule has 0 aliphatic heterocycles. The van der Waals surface area contributed by atoms with E-state index in [-0.39, 0.29) is 0 Å². The minimum atomic E-state index is -1.08. The molecule has 6 heteroatoms. The molecule has 2 aromatic carbocycles. The number of amides is 2. The summed E-state index contributed by atoms with van der Waals surface area (Å²) < 4.78 is 5.11. The molecule has 6 nitrogen and oxygen atoms in total. The number of carboxylic acid groups (broad SMARTS) is 1. The Balaban J connectivity index is 2.01. The SMILES string of the molecule is O=C(O)COc1ccccc1NC(=O)Nc1ccccc1. The molecule has 108 valence electrons. The fourth-order valence-corrected chi connectivity index (χ4v) is 1.64. The average molecular weight is 286 g/mol. The molecule has 2 rings (SSSR count). The lowest BCUT2D eigenvalue weighted by Crippen LogP contribution is -2.20. The molecule has 0 saturated heterocycles. The molecular weight excluding hydrogens is 272 g/mol. The number of carbonyl (C=O) groups is 2. The zero-order valence-corrected chi connectivity index (χ0v) is 11.1. The highest BCUT2D eigenvalue weighted by Crippen LogP contribution is 2.23. The van der Waals surface area contributed by atoms with E-state index >= 15 is 0 Å². The molecule has 2 aromatic rings. The summed E-state index contributed by atoms with van der Waals surface area (Å²) in [5.41, 5.74) is 1.05. The lowest BCUT2D eigenvalue weighted by atomic mass is 10.3. The van der Waals surface area contributed by atoms with Gasteiger partial charge < -0.3 is 20.5 Å². The van der Waals surface area contributed by atoms with Gasteiger partial charge in [-0.3, -0.25) is 0 Å². The number of benzene rings is 2. The van der Waals surface area contributed by atoms with Crippen molar-refractivity contribution in [3.05, 3.63) is 54.6 Å². The summed E-state index contributed by atoms with van der Waals surface area (Å²) >= 11 is 0. The van der Waals surface area contributed by atoms with Crippen LogP contribution in [-0.4, -0.2) is 23.7 Å². The summed E-state index contributed by atoms with van der Waals surface area (Å²) in [6.07, 6.45) is 0. The van der Waals surface area contributed by atoms with Crippen LogP contribution in [0.5, 0.6) is 5.75 Å². The first-order valence-corrected chi connectivity index (χ1v) is 6.22. The van der Waals surface area contributed by atoms with Crippen molar-refractivity contribution in [3.8, 4) is 5.75 Å². The third-order valence-corrected chi connectivity index (χ3v) is 2.52. The van der Waals surface area contributed by atoms with Crippen molar-refractivity contribution in [2.24, 2.45) is 0 Å². The van der Waals surface area contributed by atoms with Crippen molar-refractivity contribution >= 4 is 23.4 Å². The molecule has 0 radical (unpaired) electrons. The highest BCUT2D eigenvalue weighted by Gasteiger charge is 2.08. The van der Waals surface area contributed by atoms with Gasteiger partial charge in [-0.15, -0.1) is 0 Å². The number of nitrogens with one attached hydrogen (secondary N) is 2. The lowest BCUT2D eigenvalue weighted by molar-refractivity contribution is -0.139. The number of ether oxygens (including phenoxy) is 1. The zero-order valence-electron chi connectivity index (χ0n) is 11.1. The van der Waals surface area contributed by atoms with Gasteiger partial charge in [0.15, 0.2) is 6.61 Å². The quantitative estimate of drug-likeness (QED) is 0.788. The van der Waals surface area contributed by atoms with Gasteiger partial charge in [-0.1, -0.05) is 30.3 Å². The summed E-state index contributed by atoms with van der Waals surface area (Å²) in [5, 5.41) is 13.9. The maximum absolute atomic E-state index is 11.9. The van der Waals surface area contributed by atoms with Gasteiger partial charge in [-0.25, -0.2) is 9.59 Å². The lowest BCUT2D eigenvalue weighted by Gasteiger charge is -2.12. The molecule has 3 N–H and O–H groups in total. The van der Waals surface area contributed by atoms with Crippen molar-refractivity contribution in [3.63, 3.8) is 0 Å². The molecule has 21 heavy (non-hydrogen) atoms. The van der Waals surface area contributed by atoms with E-state index in [2.05, 4.69) is 10.6 Å². The first-order valence-electron chi connectivity index (χ1n) is 6.22. The number of rotatable bonds is 5. The second kappa shape index (κ2) is 6.95. The first kappa shape index (κ1) is 14.4. The Bertz CT molecular complexity index is 629. The fourth-order valence-electron chi connectivity index (χ4n) is 1.64. The van der Waals surface area contributed by atoms with Crippen LogP contribution in [0.1, 0.15) is 0 Å². The van der Waals surface area contributed by atoms with Crippen LogP contribution in [0.2, 0.25) is 0 Å². The monoisotopic (exact) mass is 286 g/mol. The molecule has 0 bridgehead atoms. The van der Waals surface area contributed by atoms with Crippen molar-refractivity contribution < 1.29 is 19.4 Å². The number of carboxylic acids is 1. The van der Waals surface area contributed by atoms with E-state index in [4.69, 9.17) is 9.84 Å². The van der Waals surface area contributed by atoms with Crippen LogP contribution < -0.4 is 15.4 Å². The van der Waals surface area contributed by atoms with E-state index in [0.29, 0.717) is 17.1 Å². The minimum absolute atomic E-state index is 0.295. The molecule has 0 unspecified atom stereocenters. The van der Waals surface area contributed by atoms with E-state index in [1.807, 2.05) is 6.07 Å². The van der Waals surface area contributed by atoms with Crippen molar-refractivity contribution in [1.29, 1.82) is 0 Å². The Morgan fingerprint density at radius 3 is 2.33 bits per heavy atom. The highest BCUT2D eigenvalue weighted by atomic mass is 16.5. The largest absolute Gasteiger partial charge is 0.480 e. The molecule has 2 amide bonds. The van der Waals surface area contributed by atoms with Gasteiger partial charge in [0.2, 0.25) is 0 Å². The summed E-state index contributed by atoms with van der Waals surface area (Å²) in [5.74, 6) is -0.790. The molecule has 0 saturated carbocycles. The summed E-state index contributed by atoms with van der Waals surface area (Å²) in [6, 6.07) is 15.1. The predicted octanol–water partition coefficient (Wildman–Crippen LogP) is 2.79. The number of anilines is 2. The van der Waals surface area contributed by atoms with Gasteiger partial charge >= 0.3 is 12.0 Å². The first-order chi connectivity index (χ1) is 10.1. The Kier molecular flexibility index (Phi) is 4.76. The van der Waals surface area contributed by atoms with Gasteiger partial charge in [-0.2, -0.15) is 0 Å². The molecule has 0 fully saturated rings. The second-order valence-corrected chi connectivity index (χ2v) is 4.12. The Morgan fingerprint density at radius 2 is 1.62 bits per heavy atom. The highest BCUT2D eigenvalue weighted by molar-refractivity contribution is 6.00. The molecule has 0 heterocycles. The normalized spacial score (nSPS) is 9.71. The van der Waals surface area contributed by atoms with Crippen molar-refractivity contribution in [2.75, 3.05) is 17.2 Å².